The molecule has 4 nitrogen and oxygen atoms in total. The molecule has 98 valence electrons. The van der Waals surface area contributed by atoms with Gasteiger partial charge in [-0.25, -0.2) is 4.79 Å². The minimum absolute atomic E-state index is 0.226. The number of hydrogen-bond acceptors (Lipinski definition) is 3. The van der Waals surface area contributed by atoms with Crippen molar-refractivity contribution < 1.29 is 14.6 Å². The molecule has 0 radical (unpaired) electrons. The van der Waals surface area contributed by atoms with Crippen LogP contribution in [0.15, 0.2) is 47.1 Å². The number of ether oxygens (including phenoxy) is 1. The van der Waals surface area contributed by atoms with E-state index in [1.807, 2.05) is 18.2 Å². The maximum absolute atomic E-state index is 10.8. The molecule has 2 rings (SSSR count). The highest BCUT2D eigenvalue weighted by Gasteiger charge is 2.07. The number of carbonyl (C=O) groups is 1. The fraction of sp³-hybridized carbons (Fsp3) is 0.143. The van der Waals surface area contributed by atoms with E-state index in [-0.39, 0.29) is 5.56 Å². The molecular weight excluding hydrogens is 310 g/mol. The van der Waals surface area contributed by atoms with Crippen molar-refractivity contribution in [3.8, 4) is 5.75 Å². The van der Waals surface area contributed by atoms with Gasteiger partial charge in [0.1, 0.15) is 5.75 Å². The van der Waals surface area contributed by atoms with Gasteiger partial charge in [0.25, 0.3) is 0 Å². The molecule has 19 heavy (non-hydrogen) atoms. The van der Waals surface area contributed by atoms with Gasteiger partial charge in [0.15, 0.2) is 0 Å². The quantitative estimate of drug-likeness (QED) is 0.918. The maximum atomic E-state index is 10.8. The van der Waals surface area contributed by atoms with Crippen molar-refractivity contribution in [2.45, 2.75) is 6.42 Å². The summed E-state index contributed by atoms with van der Waals surface area (Å²) in [5.41, 5.74) is 1.18. The molecule has 0 atom stereocenters. The van der Waals surface area contributed by atoms with Gasteiger partial charge in [-0.05, 0) is 46.3 Å². The summed E-state index contributed by atoms with van der Waals surface area (Å²) in [4.78, 5) is 15.0. The normalized spacial score (nSPS) is 10.2. The van der Waals surface area contributed by atoms with Crippen molar-refractivity contribution in [3.05, 3.63) is 58.3 Å². The Balaban J connectivity index is 1.95. The van der Waals surface area contributed by atoms with Crippen molar-refractivity contribution in [1.29, 1.82) is 0 Å². The third kappa shape index (κ3) is 3.79. The van der Waals surface area contributed by atoms with Crippen LogP contribution in [0, 0.1) is 0 Å². The Morgan fingerprint density at radius 2 is 2.16 bits per heavy atom. The number of pyridine rings is 1. The fourth-order valence-electron chi connectivity index (χ4n) is 1.56. The maximum Gasteiger partial charge on any atom is 0.335 e. The Bertz CT molecular complexity index is 572. The molecule has 0 saturated carbocycles. The topological polar surface area (TPSA) is 59.4 Å². The summed E-state index contributed by atoms with van der Waals surface area (Å²) >= 11 is 3.30. The first-order valence-electron chi connectivity index (χ1n) is 5.72. The number of nitrogens with zero attached hydrogens (tertiary/aromatic N) is 1. The zero-order chi connectivity index (χ0) is 13.7. The van der Waals surface area contributed by atoms with E-state index in [9.17, 15) is 4.79 Å². The molecule has 5 heteroatoms. The van der Waals surface area contributed by atoms with Crippen LogP contribution in [0.2, 0.25) is 0 Å². The molecule has 0 fully saturated rings. The Labute approximate surface area is 119 Å². The number of aromatic nitrogens is 1. The van der Waals surface area contributed by atoms with Gasteiger partial charge in [-0.1, -0.05) is 6.07 Å². The van der Waals surface area contributed by atoms with Gasteiger partial charge in [-0.3, -0.25) is 4.98 Å². The standard InChI is InChI=1S/C14H12BrNO3/c15-12-9-10(14(17)18)4-5-13(12)19-8-6-11-3-1-2-7-16-11/h1-5,7,9H,6,8H2,(H,17,18). The lowest BCUT2D eigenvalue weighted by Gasteiger charge is -2.08. The molecule has 0 aliphatic heterocycles. The molecule has 1 aromatic carbocycles. The largest absolute Gasteiger partial charge is 0.492 e. The number of hydrogen-bond donors (Lipinski definition) is 1. The Morgan fingerprint density at radius 3 is 2.79 bits per heavy atom. The lowest BCUT2D eigenvalue weighted by atomic mass is 10.2. The van der Waals surface area contributed by atoms with Crippen LogP contribution in [0.3, 0.4) is 0 Å². The number of benzene rings is 1. The Hall–Kier alpha value is -1.88. The Morgan fingerprint density at radius 1 is 1.32 bits per heavy atom. The molecular formula is C14H12BrNO3. The molecule has 0 aliphatic carbocycles. The van der Waals surface area contributed by atoms with Crippen molar-refractivity contribution in [3.63, 3.8) is 0 Å². The van der Waals surface area contributed by atoms with Crippen molar-refractivity contribution in [1.82, 2.24) is 4.98 Å². The first-order chi connectivity index (χ1) is 9.16. The first-order valence-corrected chi connectivity index (χ1v) is 6.51. The van der Waals surface area contributed by atoms with Crippen LogP contribution in [0.4, 0.5) is 0 Å². The van der Waals surface area contributed by atoms with Gasteiger partial charge in [0.05, 0.1) is 16.6 Å². The van der Waals surface area contributed by atoms with Crippen LogP contribution in [-0.4, -0.2) is 22.7 Å². The number of rotatable bonds is 5. The molecule has 1 heterocycles. The molecule has 0 unspecified atom stereocenters. The van der Waals surface area contributed by atoms with Gasteiger partial charge in [-0.2, -0.15) is 0 Å². The van der Waals surface area contributed by atoms with E-state index in [0.29, 0.717) is 23.2 Å². The first kappa shape index (κ1) is 13.5. The van der Waals surface area contributed by atoms with Gasteiger partial charge >= 0.3 is 5.97 Å². The van der Waals surface area contributed by atoms with E-state index in [4.69, 9.17) is 9.84 Å². The molecule has 0 spiro atoms. The summed E-state index contributed by atoms with van der Waals surface area (Å²) in [7, 11) is 0. The highest BCUT2D eigenvalue weighted by Crippen LogP contribution is 2.26. The Kier molecular flexibility index (Phi) is 4.52. The van der Waals surface area contributed by atoms with E-state index >= 15 is 0 Å². The summed E-state index contributed by atoms with van der Waals surface area (Å²) in [6, 6.07) is 10.4. The molecule has 2 aromatic rings. The lowest BCUT2D eigenvalue weighted by molar-refractivity contribution is 0.0697. The van der Waals surface area contributed by atoms with Gasteiger partial charge in [-0.15, -0.1) is 0 Å². The van der Waals surface area contributed by atoms with E-state index in [1.54, 1.807) is 12.3 Å². The second kappa shape index (κ2) is 6.33. The number of halogens is 1. The average molecular weight is 322 g/mol. The van der Waals surface area contributed by atoms with E-state index < -0.39 is 5.97 Å². The molecule has 0 amide bonds. The van der Waals surface area contributed by atoms with E-state index in [2.05, 4.69) is 20.9 Å². The number of aromatic carboxylic acids is 1. The lowest BCUT2D eigenvalue weighted by Crippen LogP contribution is -2.04. The van der Waals surface area contributed by atoms with Crippen LogP contribution in [-0.2, 0) is 6.42 Å². The minimum atomic E-state index is -0.958. The summed E-state index contributed by atoms with van der Waals surface area (Å²) < 4.78 is 6.23. The molecule has 0 saturated heterocycles. The average Bonchev–Trinajstić information content (AvgIpc) is 2.41. The second-order valence-corrected chi connectivity index (χ2v) is 4.72. The minimum Gasteiger partial charge on any atom is -0.492 e. The second-order valence-electron chi connectivity index (χ2n) is 3.87. The van der Waals surface area contributed by atoms with Crippen LogP contribution < -0.4 is 4.74 Å². The number of carboxylic acid groups (broad SMARTS) is 1. The molecule has 0 bridgehead atoms. The predicted molar refractivity (Wildman–Crippen MR) is 74.5 cm³/mol. The van der Waals surface area contributed by atoms with Gasteiger partial charge in [0, 0.05) is 18.3 Å². The summed E-state index contributed by atoms with van der Waals surface area (Å²) in [5.74, 6) is -0.332. The van der Waals surface area contributed by atoms with Gasteiger partial charge < -0.3 is 9.84 Å². The van der Waals surface area contributed by atoms with Crippen molar-refractivity contribution in [2.75, 3.05) is 6.61 Å². The van der Waals surface area contributed by atoms with E-state index in [0.717, 1.165) is 5.69 Å². The molecule has 1 aromatic heterocycles. The van der Waals surface area contributed by atoms with Crippen LogP contribution in [0.5, 0.6) is 5.75 Å². The molecule has 0 aliphatic rings. The summed E-state index contributed by atoms with van der Waals surface area (Å²) in [6.07, 6.45) is 2.45. The highest BCUT2D eigenvalue weighted by atomic mass is 79.9. The van der Waals surface area contributed by atoms with Crippen LogP contribution in [0.25, 0.3) is 0 Å². The van der Waals surface area contributed by atoms with E-state index in [1.165, 1.54) is 12.1 Å². The zero-order valence-electron chi connectivity index (χ0n) is 10.0. The summed E-state index contributed by atoms with van der Waals surface area (Å²) in [5, 5.41) is 8.85. The van der Waals surface area contributed by atoms with Crippen LogP contribution >= 0.6 is 15.9 Å². The fourth-order valence-corrected chi connectivity index (χ4v) is 2.06. The molecule has 1 N–H and O–H groups in total. The smallest absolute Gasteiger partial charge is 0.335 e. The van der Waals surface area contributed by atoms with Gasteiger partial charge in [0.2, 0.25) is 0 Å². The third-order valence-corrected chi connectivity index (χ3v) is 3.14. The zero-order valence-corrected chi connectivity index (χ0v) is 11.6. The number of carboxylic acids is 1. The predicted octanol–water partition coefficient (Wildman–Crippen LogP) is 3.16. The third-order valence-electron chi connectivity index (χ3n) is 2.52. The van der Waals surface area contributed by atoms with Crippen molar-refractivity contribution >= 4 is 21.9 Å². The SMILES string of the molecule is O=C(O)c1ccc(OCCc2ccccn2)c(Br)c1. The monoisotopic (exact) mass is 321 g/mol. The van der Waals surface area contributed by atoms with Crippen LogP contribution in [0.1, 0.15) is 16.1 Å². The highest BCUT2D eigenvalue weighted by molar-refractivity contribution is 9.10. The van der Waals surface area contributed by atoms with Crippen molar-refractivity contribution in [2.24, 2.45) is 0 Å². The summed E-state index contributed by atoms with van der Waals surface area (Å²) in [6.45, 7) is 0.488.